The van der Waals surface area contributed by atoms with Crippen molar-refractivity contribution < 1.29 is 14.3 Å². The Morgan fingerprint density at radius 1 is 1.26 bits per heavy atom. The second kappa shape index (κ2) is 8.39. The minimum absolute atomic E-state index is 0.228. The van der Waals surface area contributed by atoms with Crippen molar-refractivity contribution in [3.63, 3.8) is 0 Å². The van der Waals surface area contributed by atoms with Gasteiger partial charge in [-0.05, 0) is 43.3 Å². The second-order valence-corrected chi connectivity index (χ2v) is 5.75. The molecule has 0 aliphatic rings. The summed E-state index contributed by atoms with van der Waals surface area (Å²) in [5.41, 5.74) is 0.655. The molecule has 0 bridgehead atoms. The lowest BCUT2D eigenvalue weighted by Gasteiger charge is -2.15. The Balaban J connectivity index is 1.95. The predicted molar refractivity (Wildman–Crippen MR) is 95.0 cm³/mol. The summed E-state index contributed by atoms with van der Waals surface area (Å²) in [6, 6.07) is 14.5. The highest BCUT2D eigenvalue weighted by Gasteiger charge is 2.15. The number of halogens is 1. The van der Waals surface area contributed by atoms with Crippen molar-refractivity contribution in [3.8, 4) is 11.5 Å². The Labute approximate surface area is 144 Å². The lowest BCUT2D eigenvalue weighted by atomic mass is 10.2. The molecule has 2 rings (SSSR count). The van der Waals surface area contributed by atoms with Gasteiger partial charge in [0.1, 0.15) is 18.1 Å². The number of carbonyl (C=O) groups is 1. The highest BCUT2D eigenvalue weighted by molar-refractivity contribution is 9.10. The molecule has 0 saturated carbocycles. The summed E-state index contributed by atoms with van der Waals surface area (Å²) in [5, 5.41) is 2.81. The number of hydrogen-bond donors (Lipinski definition) is 1. The lowest BCUT2D eigenvalue weighted by molar-refractivity contribution is -0.122. The first-order chi connectivity index (χ1) is 11.1. The Morgan fingerprint density at radius 3 is 2.70 bits per heavy atom. The summed E-state index contributed by atoms with van der Waals surface area (Å²) in [4.78, 5) is 12.2. The van der Waals surface area contributed by atoms with E-state index in [1.165, 1.54) is 0 Å². The lowest BCUT2D eigenvalue weighted by Crippen LogP contribution is -2.30. The number of carbonyl (C=O) groups excluding carboxylic acids is 1. The molecule has 1 atom stereocenters. The van der Waals surface area contributed by atoms with Gasteiger partial charge in [0.15, 0.2) is 6.10 Å². The van der Waals surface area contributed by atoms with Crippen molar-refractivity contribution in [2.24, 2.45) is 0 Å². The summed E-state index contributed by atoms with van der Waals surface area (Å²) < 4.78 is 12.0. The topological polar surface area (TPSA) is 47.6 Å². The largest absolute Gasteiger partial charge is 0.489 e. The van der Waals surface area contributed by atoms with Crippen LogP contribution < -0.4 is 14.8 Å². The van der Waals surface area contributed by atoms with E-state index in [2.05, 4.69) is 27.8 Å². The van der Waals surface area contributed by atoms with Gasteiger partial charge in [-0.25, -0.2) is 0 Å². The minimum atomic E-state index is -0.617. The fourth-order valence-electron chi connectivity index (χ4n) is 1.83. The van der Waals surface area contributed by atoms with Crippen LogP contribution in [0.2, 0.25) is 0 Å². The average molecular weight is 376 g/mol. The molecule has 0 fully saturated rings. The molecule has 4 nitrogen and oxygen atoms in total. The molecular weight excluding hydrogens is 358 g/mol. The standard InChI is InChI=1S/C18H18BrNO3/c1-3-11-22-17-6-4-5-15(12-17)20-18(21)13(2)23-16-9-7-14(19)8-10-16/h3-10,12-13H,1,11H2,2H3,(H,20,21)/t13-/m1/s1. The van der Waals surface area contributed by atoms with Crippen LogP contribution in [0.4, 0.5) is 5.69 Å². The van der Waals surface area contributed by atoms with Crippen LogP contribution in [0.5, 0.6) is 11.5 Å². The van der Waals surface area contributed by atoms with Crippen LogP contribution >= 0.6 is 15.9 Å². The number of anilines is 1. The van der Waals surface area contributed by atoms with Crippen LogP contribution in [0.25, 0.3) is 0 Å². The van der Waals surface area contributed by atoms with Crippen molar-refractivity contribution in [1.29, 1.82) is 0 Å². The van der Waals surface area contributed by atoms with E-state index in [0.29, 0.717) is 23.8 Å². The maximum atomic E-state index is 12.2. The molecular formula is C18H18BrNO3. The van der Waals surface area contributed by atoms with Crippen LogP contribution in [-0.2, 0) is 4.79 Å². The molecule has 120 valence electrons. The van der Waals surface area contributed by atoms with Crippen molar-refractivity contribution in [3.05, 3.63) is 65.7 Å². The van der Waals surface area contributed by atoms with Gasteiger partial charge in [0.25, 0.3) is 5.91 Å². The molecule has 2 aromatic carbocycles. The van der Waals surface area contributed by atoms with Crippen molar-refractivity contribution in [2.45, 2.75) is 13.0 Å². The molecule has 23 heavy (non-hydrogen) atoms. The Bertz CT molecular complexity index is 670. The number of hydrogen-bond acceptors (Lipinski definition) is 3. The smallest absolute Gasteiger partial charge is 0.265 e. The predicted octanol–water partition coefficient (Wildman–Crippen LogP) is 4.42. The molecule has 0 saturated heterocycles. The van der Waals surface area contributed by atoms with E-state index < -0.39 is 6.10 Å². The summed E-state index contributed by atoms with van der Waals surface area (Å²) >= 11 is 3.36. The SMILES string of the molecule is C=CCOc1cccc(NC(=O)[C@@H](C)Oc2ccc(Br)cc2)c1. The molecule has 0 spiro atoms. The first-order valence-corrected chi connectivity index (χ1v) is 7.94. The number of rotatable bonds is 7. The molecule has 1 amide bonds. The molecule has 5 heteroatoms. The van der Waals surface area contributed by atoms with Gasteiger partial charge in [0.2, 0.25) is 0 Å². The van der Waals surface area contributed by atoms with E-state index in [9.17, 15) is 4.79 Å². The first kappa shape index (κ1) is 17.1. The van der Waals surface area contributed by atoms with Crippen LogP contribution in [-0.4, -0.2) is 18.6 Å². The third-order valence-electron chi connectivity index (χ3n) is 2.97. The molecule has 0 aliphatic carbocycles. The van der Waals surface area contributed by atoms with Crippen molar-refractivity contribution in [1.82, 2.24) is 0 Å². The highest BCUT2D eigenvalue weighted by Crippen LogP contribution is 2.19. The fraction of sp³-hybridized carbons (Fsp3) is 0.167. The third-order valence-corrected chi connectivity index (χ3v) is 3.49. The van der Waals surface area contributed by atoms with E-state index in [-0.39, 0.29) is 5.91 Å². The highest BCUT2D eigenvalue weighted by atomic mass is 79.9. The Hall–Kier alpha value is -2.27. The summed E-state index contributed by atoms with van der Waals surface area (Å²) in [7, 11) is 0. The fourth-order valence-corrected chi connectivity index (χ4v) is 2.10. The van der Waals surface area contributed by atoms with Crippen molar-refractivity contribution >= 4 is 27.5 Å². The van der Waals surface area contributed by atoms with E-state index >= 15 is 0 Å². The Morgan fingerprint density at radius 2 is 2.00 bits per heavy atom. The second-order valence-electron chi connectivity index (χ2n) is 4.83. The van der Waals surface area contributed by atoms with Gasteiger partial charge < -0.3 is 14.8 Å². The monoisotopic (exact) mass is 375 g/mol. The van der Waals surface area contributed by atoms with Gasteiger partial charge >= 0.3 is 0 Å². The van der Waals surface area contributed by atoms with Crippen molar-refractivity contribution in [2.75, 3.05) is 11.9 Å². The van der Waals surface area contributed by atoms with E-state index in [1.54, 1.807) is 37.3 Å². The number of amides is 1. The molecule has 1 N–H and O–H groups in total. The van der Waals surface area contributed by atoms with Gasteiger partial charge in [-0.3, -0.25) is 4.79 Å². The van der Waals surface area contributed by atoms with E-state index in [0.717, 1.165) is 4.47 Å². The Kier molecular flexibility index (Phi) is 6.23. The normalized spacial score (nSPS) is 11.4. The maximum absolute atomic E-state index is 12.2. The molecule has 2 aromatic rings. The van der Waals surface area contributed by atoms with Crippen LogP contribution in [0.1, 0.15) is 6.92 Å². The zero-order valence-corrected chi connectivity index (χ0v) is 14.4. The van der Waals surface area contributed by atoms with Gasteiger partial charge in [0, 0.05) is 16.2 Å². The van der Waals surface area contributed by atoms with Gasteiger partial charge in [-0.1, -0.05) is 34.7 Å². The van der Waals surface area contributed by atoms with Crippen LogP contribution in [0.3, 0.4) is 0 Å². The quantitative estimate of drug-likeness (QED) is 0.728. The minimum Gasteiger partial charge on any atom is -0.489 e. The van der Waals surface area contributed by atoms with Gasteiger partial charge in [0.05, 0.1) is 0 Å². The first-order valence-electron chi connectivity index (χ1n) is 7.15. The number of benzene rings is 2. The summed E-state index contributed by atoms with van der Waals surface area (Å²) in [6.07, 6.45) is 1.05. The maximum Gasteiger partial charge on any atom is 0.265 e. The molecule has 0 heterocycles. The summed E-state index contributed by atoms with van der Waals surface area (Å²) in [6.45, 7) is 5.72. The zero-order chi connectivity index (χ0) is 16.7. The number of nitrogens with one attached hydrogen (secondary N) is 1. The zero-order valence-electron chi connectivity index (χ0n) is 12.8. The number of ether oxygens (including phenoxy) is 2. The molecule has 0 aromatic heterocycles. The van der Waals surface area contributed by atoms with E-state index in [4.69, 9.17) is 9.47 Å². The van der Waals surface area contributed by atoms with Gasteiger partial charge in [-0.15, -0.1) is 0 Å². The van der Waals surface area contributed by atoms with Gasteiger partial charge in [-0.2, -0.15) is 0 Å². The molecule has 0 unspecified atom stereocenters. The van der Waals surface area contributed by atoms with Crippen LogP contribution in [0.15, 0.2) is 65.7 Å². The molecule has 0 aliphatic heterocycles. The third kappa shape index (κ3) is 5.45. The molecule has 0 radical (unpaired) electrons. The average Bonchev–Trinajstić information content (AvgIpc) is 2.55. The summed E-state index contributed by atoms with van der Waals surface area (Å²) in [5.74, 6) is 1.08. The van der Waals surface area contributed by atoms with Crippen LogP contribution in [0, 0.1) is 0 Å². The van der Waals surface area contributed by atoms with E-state index in [1.807, 2.05) is 24.3 Å².